The smallest absolute Gasteiger partial charge is 0.230 e. The van der Waals surface area contributed by atoms with Crippen LogP contribution in [0.2, 0.25) is 0 Å². The first-order valence-corrected chi connectivity index (χ1v) is 10.4. The molecule has 152 valence electrons. The molecular weight excluding hydrogens is 364 g/mol. The van der Waals surface area contributed by atoms with Gasteiger partial charge in [0.1, 0.15) is 0 Å². The number of carbonyl (C=O) groups is 2. The Morgan fingerprint density at radius 1 is 1.17 bits per heavy atom. The highest BCUT2D eigenvalue weighted by molar-refractivity contribution is 5.84. The largest absolute Gasteiger partial charge is 0.338 e. The van der Waals surface area contributed by atoms with Crippen molar-refractivity contribution in [2.45, 2.75) is 58.5 Å². The minimum absolute atomic E-state index is 0.0634. The van der Waals surface area contributed by atoms with Crippen molar-refractivity contribution in [2.75, 3.05) is 13.1 Å². The minimum Gasteiger partial charge on any atom is -0.338 e. The standard InChI is InChI=1S/C23H28N4O2/c1-15-6-8-18(9-7-15)16(2)23(29)27-11-4-5-21(27)22-24-13-19-14-26(17(3)28)12-10-20(19)25-22/h6-9,13,16,21H,4-5,10-12,14H2,1-3H3/t16-,21+/m1/s1. The van der Waals surface area contributed by atoms with Gasteiger partial charge >= 0.3 is 0 Å². The highest BCUT2D eigenvalue weighted by atomic mass is 16.2. The van der Waals surface area contributed by atoms with Crippen LogP contribution in [0.4, 0.5) is 0 Å². The Hall–Kier alpha value is -2.76. The van der Waals surface area contributed by atoms with E-state index in [9.17, 15) is 9.59 Å². The average Bonchev–Trinajstić information content (AvgIpc) is 3.22. The average molecular weight is 393 g/mol. The number of aryl methyl sites for hydroxylation is 1. The van der Waals surface area contributed by atoms with E-state index in [0.717, 1.165) is 48.5 Å². The molecule has 3 heterocycles. The van der Waals surface area contributed by atoms with Gasteiger partial charge in [-0.05, 0) is 32.3 Å². The van der Waals surface area contributed by atoms with Gasteiger partial charge in [0.05, 0.1) is 17.7 Å². The van der Waals surface area contributed by atoms with Crippen molar-refractivity contribution < 1.29 is 9.59 Å². The second-order valence-corrected chi connectivity index (χ2v) is 8.21. The highest BCUT2D eigenvalue weighted by Crippen LogP contribution is 2.33. The number of fused-ring (bicyclic) bond motifs is 1. The minimum atomic E-state index is -0.182. The monoisotopic (exact) mass is 392 g/mol. The third kappa shape index (κ3) is 3.88. The van der Waals surface area contributed by atoms with Gasteiger partial charge in [-0.2, -0.15) is 0 Å². The van der Waals surface area contributed by atoms with Crippen molar-refractivity contribution in [3.05, 3.63) is 58.7 Å². The number of rotatable bonds is 3. The van der Waals surface area contributed by atoms with Crippen LogP contribution in [-0.4, -0.2) is 44.7 Å². The first-order valence-electron chi connectivity index (χ1n) is 10.4. The second kappa shape index (κ2) is 7.93. The zero-order valence-corrected chi connectivity index (χ0v) is 17.4. The van der Waals surface area contributed by atoms with Crippen molar-refractivity contribution >= 4 is 11.8 Å². The van der Waals surface area contributed by atoms with E-state index < -0.39 is 0 Å². The zero-order chi connectivity index (χ0) is 20.5. The van der Waals surface area contributed by atoms with Gasteiger partial charge < -0.3 is 9.80 Å². The lowest BCUT2D eigenvalue weighted by atomic mass is 9.98. The number of hydrogen-bond acceptors (Lipinski definition) is 4. The van der Waals surface area contributed by atoms with Gasteiger partial charge in [0.2, 0.25) is 11.8 Å². The van der Waals surface area contributed by atoms with Crippen LogP contribution in [0.25, 0.3) is 0 Å². The van der Waals surface area contributed by atoms with E-state index in [2.05, 4.69) is 24.0 Å². The number of benzene rings is 1. The number of hydrogen-bond donors (Lipinski definition) is 0. The van der Waals surface area contributed by atoms with Gasteiger partial charge in [-0.3, -0.25) is 9.59 Å². The Bertz CT molecular complexity index is 925. The van der Waals surface area contributed by atoms with Crippen LogP contribution in [-0.2, 0) is 22.6 Å². The lowest BCUT2D eigenvalue weighted by Gasteiger charge is -2.29. The highest BCUT2D eigenvalue weighted by Gasteiger charge is 2.35. The predicted molar refractivity (Wildman–Crippen MR) is 110 cm³/mol. The van der Waals surface area contributed by atoms with Gasteiger partial charge in [-0.15, -0.1) is 0 Å². The lowest BCUT2D eigenvalue weighted by molar-refractivity contribution is -0.133. The molecule has 1 fully saturated rings. The SMILES string of the molecule is CC(=O)N1CCc2nc([C@@H]3CCCN3C(=O)[C@H](C)c3ccc(C)cc3)ncc2C1. The molecule has 0 spiro atoms. The van der Waals surface area contributed by atoms with Crippen molar-refractivity contribution in [3.63, 3.8) is 0 Å². The Morgan fingerprint density at radius 3 is 2.66 bits per heavy atom. The number of amides is 2. The van der Waals surface area contributed by atoms with E-state index in [1.165, 1.54) is 5.56 Å². The Morgan fingerprint density at radius 2 is 1.93 bits per heavy atom. The molecule has 2 aliphatic heterocycles. The van der Waals surface area contributed by atoms with Gasteiger partial charge in [-0.25, -0.2) is 9.97 Å². The summed E-state index contributed by atoms with van der Waals surface area (Å²) >= 11 is 0. The van der Waals surface area contributed by atoms with Gasteiger partial charge in [-0.1, -0.05) is 29.8 Å². The quantitative estimate of drug-likeness (QED) is 0.805. The molecule has 0 saturated carbocycles. The van der Waals surface area contributed by atoms with E-state index in [-0.39, 0.29) is 23.8 Å². The molecule has 1 saturated heterocycles. The Balaban J connectivity index is 1.53. The fourth-order valence-corrected chi connectivity index (χ4v) is 4.31. The lowest BCUT2D eigenvalue weighted by Crippen LogP contribution is -2.36. The number of aromatic nitrogens is 2. The summed E-state index contributed by atoms with van der Waals surface area (Å²) in [6.07, 6.45) is 4.45. The summed E-state index contributed by atoms with van der Waals surface area (Å²) in [4.78, 5) is 38.1. The van der Waals surface area contributed by atoms with Crippen LogP contribution >= 0.6 is 0 Å². The van der Waals surface area contributed by atoms with Crippen LogP contribution in [0.5, 0.6) is 0 Å². The van der Waals surface area contributed by atoms with Crippen LogP contribution in [0.1, 0.15) is 66.9 Å². The molecule has 0 bridgehead atoms. The van der Waals surface area contributed by atoms with Crippen molar-refractivity contribution in [1.29, 1.82) is 0 Å². The summed E-state index contributed by atoms with van der Waals surface area (Å²) in [6.45, 7) is 7.64. The fourth-order valence-electron chi connectivity index (χ4n) is 4.31. The summed E-state index contributed by atoms with van der Waals surface area (Å²) < 4.78 is 0. The van der Waals surface area contributed by atoms with E-state index in [1.807, 2.05) is 35.1 Å². The molecule has 6 heteroatoms. The van der Waals surface area contributed by atoms with Gasteiger partial charge in [0.15, 0.2) is 5.82 Å². The molecule has 0 radical (unpaired) electrons. The molecule has 2 aliphatic rings. The molecule has 2 aromatic rings. The first-order chi connectivity index (χ1) is 13.9. The summed E-state index contributed by atoms with van der Waals surface area (Å²) in [7, 11) is 0. The maximum Gasteiger partial charge on any atom is 0.230 e. The van der Waals surface area contributed by atoms with E-state index >= 15 is 0 Å². The molecule has 29 heavy (non-hydrogen) atoms. The third-order valence-corrected chi connectivity index (χ3v) is 6.18. The maximum atomic E-state index is 13.2. The molecule has 1 aromatic carbocycles. The number of likely N-dealkylation sites (tertiary alicyclic amines) is 1. The van der Waals surface area contributed by atoms with Crippen molar-refractivity contribution in [3.8, 4) is 0 Å². The summed E-state index contributed by atoms with van der Waals surface area (Å²) in [5.74, 6) is 0.776. The molecule has 2 amide bonds. The second-order valence-electron chi connectivity index (χ2n) is 8.21. The third-order valence-electron chi connectivity index (χ3n) is 6.18. The number of nitrogens with zero attached hydrogens (tertiary/aromatic N) is 4. The van der Waals surface area contributed by atoms with Gasteiger partial charge in [0.25, 0.3) is 0 Å². The van der Waals surface area contributed by atoms with Crippen LogP contribution in [0.3, 0.4) is 0 Å². The first kappa shape index (κ1) is 19.6. The molecule has 1 aromatic heterocycles. The zero-order valence-electron chi connectivity index (χ0n) is 17.4. The van der Waals surface area contributed by atoms with Gasteiger partial charge in [0, 0.05) is 44.7 Å². The Labute approximate surface area is 172 Å². The maximum absolute atomic E-state index is 13.2. The molecule has 2 atom stereocenters. The van der Waals surface area contributed by atoms with E-state index in [0.29, 0.717) is 13.1 Å². The molecule has 0 aliphatic carbocycles. The Kier molecular flexibility index (Phi) is 5.35. The predicted octanol–water partition coefficient (Wildman–Crippen LogP) is 3.16. The fraction of sp³-hybridized carbons (Fsp3) is 0.478. The molecule has 4 rings (SSSR count). The van der Waals surface area contributed by atoms with E-state index in [4.69, 9.17) is 4.98 Å². The van der Waals surface area contributed by atoms with Crippen LogP contribution in [0.15, 0.2) is 30.5 Å². The molecule has 6 nitrogen and oxygen atoms in total. The molecular formula is C23H28N4O2. The van der Waals surface area contributed by atoms with Crippen molar-refractivity contribution in [2.24, 2.45) is 0 Å². The summed E-state index contributed by atoms with van der Waals surface area (Å²) in [5, 5.41) is 0. The van der Waals surface area contributed by atoms with E-state index in [1.54, 1.807) is 6.92 Å². The summed E-state index contributed by atoms with van der Waals surface area (Å²) in [6, 6.07) is 8.12. The summed E-state index contributed by atoms with van der Waals surface area (Å²) in [5.41, 5.74) is 4.26. The normalized spacial score (nSPS) is 19.8. The number of carbonyl (C=O) groups excluding carboxylic acids is 2. The molecule has 0 N–H and O–H groups in total. The topological polar surface area (TPSA) is 66.4 Å². The molecule has 0 unspecified atom stereocenters. The van der Waals surface area contributed by atoms with Crippen LogP contribution < -0.4 is 0 Å². The van der Waals surface area contributed by atoms with Crippen molar-refractivity contribution in [1.82, 2.24) is 19.8 Å². The van der Waals surface area contributed by atoms with Crippen LogP contribution in [0, 0.1) is 6.92 Å².